The average Bonchev–Trinajstić information content (AvgIpc) is 2.88. The van der Waals surface area contributed by atoms with Gasteiger partial charge in [0, 0.05) is 18.5 Å². The number of rotatable bonds is 10. The van der Waals surface area contributed by atoms with Crippen LogP contribution in [0.25, 0.3) is 0 Å². The molecule has 0 spiro atoms. The van der Waals surface area contributed by atoms with Crippen molar-refractivity contribution in [2.75, 3.05) is 17.1 Å². The summed E-state index contributed by atoms with van der Waals surface area (Å²) < 4.78 is 67.0. The van der Waals surface area contributed by atoms with Gasteiger partial charge in [0.25, 0.3) is 0 Å². The van der Waals surface area contributed by atoms with Crippen molar-refractivity contribution in [1.82, 2.24) is 10.2 Å². The number of carbonyl (C=O) groups excluding carboxylic acids is 2. The lowest BCUT2D eigenvalue weighted by molar-refractivity contribution is -0.140. The Morgan fingerprint density at radius 3 is 1.95 bits per heavy atom. The number of halogens is 4. The van der Waals surface area contributed by atoms with Crippen LogP contribution < -0.4 is 9.62 Å². The Morgan fingerprint density at radius 2 is 1.45 bits per heavy atom. The molecule has 1 N–H and O–H groups in total. The van der Waals surface area contributed by atoms with Crippen LogP contribution in [0.1, 0.15) is 37.5 Å². The van der Waals surface area contributed by atoms with Crippen molar-refractivity contribution in [3.05, 3.63) is 101 Å². The summed E-state index contributed by atoms with van der Waals surface area (Å²) in [7, 11) is -4.25. The van der Waals surface area contributed by atoms with Crippen LogP contribution in [0.15, 0.2) is 78.9 Å². The predicted octanol–water partition coefficient (Wildman–Crippen LogP) is 5.68. The maximum atomic E-state index is 14.0. The van der Waals surface area contributed by atoms with E-state index in [4.69, 9.17) is 11.6 Å². The van der Waals surface area contributed by atoms with Gasteiger partial charge in [-0.2, -0.15) is 13.2 Å². The second-order valence-corrected chi connectivity index (χ2v) is 13.2. The smallest absolute Gasteiger partial charge is 0.350 e. The molecular weight excluding hydrogens is 591 g/mol. The molecule has 0 aliphatic carbocycles. The number of amides is 2. The third kappa shape index (κ3) is 9.22. The van der Waals surface area contributed by atoms with Crippen LogP contribution >= 0.6 is 11.6 Å². The van der Waals surface area contributed by atoms with E-state index >= 15 is 0 Å². The van der Waals surface area contributed by atoms with Gasteiger partial charge >= 0.3 is 6.18 Å². The molecule has 0 heterocycles. The van der Waals surface area contributed by atoms with Crippen molar-refractivity contribution in [2.24, 2.45) is 0 Å². The van der Waals surface area contributed by atoms with E-state index in [0.29, 0.717) is 15.9 Å². The van der Waals surface area contributed by atoms with E-state index in [1.807, 2.05) is 6.07 Å². The molecule has 3 aromatic rings. The van der Waals surface area contributed by atoms with Crippen LogP contribution in [0, 0.1) is 0 Å². The van der Waals surface area contributed by atoms with Crippen LogP contribution in [0.5, 0.6) is 0 Å². The normalized spacial score (nSPS) is 12.9. The predicted molar refractivity (Wildman–Crippen MR) is 157 cm³/mol. The average molecular weight is 624 g/mol. The Morgan fingerprint density at radius 1 is 0.905 bits per heavy atom. The molecule has 1 atom stereocenters. The standard InChI is InChI=1S/C30H33ClF3N3O4S/c1-29(2,3)35-28(39)26(17-21-11-7-5-8-12-21)36(19-22-13-9-6-10-14-22)27(38)20-37(42(4,40)41)23-15-16-25(31)24(18-23)30(32,33)34/h5-16,18,26H,17,19-20H2,1-4H3,(H,35,39)/t26-/m0/s1. The van der Waals surface area contributed by atoms with E-state index in [1.165, 1.54) is 4.90 Å². The minimum atomic E-state index is -4.86. The fourth-order valence-corrected chi connectivity index (χ4v) is 5.35. The van der Waals surface area contributed by atoms with Crippen LogP contribution in [-0.2, 0) is 38.8 Å². The van der Waals surface area contributed by atoms with Crippen molar-refractivity contribution in [3.63, 3.8) is 0 Å². The highest BCUT2D eigenvalue weighted by atomic mass is 35.5. The third-order valence-corrected chi connectivity index (χ3v) is 7.66. The van der Waals surface area contributed by atoms with E-state index in [0.717, 1.165) is 24.0 Å². The van der Waals surface area contributed by atoms with Crippen LogP contribution in [0.3, 0.4) is 0 Å². The second-order valence-electron chi connectivity index (χ2n) is 10.9. The van der Waals surface area contributed by atoms with Crippen molar-refractivity contribution >= 4 is 39.1 Å². The summed E-state index contributed by atoms with van der Waals surface area (Å²) in [5.74, 6) is -1.25. The van der Waals surface area contributed by atoms with E-state index in [1.54, 1.807) is 75.4 Å². The number of alkyl halides is 3. The molecule has 0 radical (unpaired) electrons. The fourth-order valence-electron chi connectivity index (χ4n) is 4.29. The first-order valence-corrected chi connectivity index (χ1v) is 15.2. The summed E-state index contributed by atoms with van der Waals surface area (Å²) in [6.45, 7) is 4.47. The topological polar surface area (TPSA) is 86.8 Å². The van der Waals surface area contributed by atoms with E-state index in [-0.39, 0.29) is 18.7 Å². The largest absolute Gasteiger partial charge is 0.417 e. The maximum Gasteiger partial charge on any atom is 0.417 e. The lowest BCUT2D eigenvalue weighted by atomic mass is 10.0. The molecule has 0 aromatic heterocycles. The van der Waals surface area contributed by atoms with Crippen LogP contribution in [-0.4, -0.2) is 49.5 Å². The number of carbonyl (C=O) groups is 2. The van der Waals surface area contributed by atoms with E-state index in [2.05, 4.69) is 5.32 Å². The highest BCUT2D eigenvalue weighted by Gasteiger charge is 2.37. The Hall–Kier alpha value is -3.57. The molecule has 7 nitrogen and oxygen atoms in total. The van der Waals surface area contributed by atoms with Gasteiger partial charge in [-0.05, 0) is 50.1 Å². The zero-order valence-corrected chi connectivity index (χ0v) is 25.2. The van der Waals surface area contributed by atoms with E-state index in [9.17, 15) is 31.2 Å². The molecule has 0 bridgehead atoms. The number of hydrogen-bond acceptors (Lipinski definition) is 4. The van der Waals surface area contributed by atoms with Crippen molar-refractivity contribution in [3.8, 4) is 0 Å². The number of nitrogens with zero attached hydrogens (tertiary/aromatic N) is 2. The molecule has 226 valence electrons. The first-order valence-electron chi connectivity index (χ1n) is 13.0. The summed E-state index contributed by atoms with van der Waals surface area (Å²) in [5.41, 5.74) is -0.852. The molecule has 0 saturated heterocycles. The number of sulfonamides is 1. The maximum absolute atomic E-state index is 14.0. The molecule has 3 rings (SSSR count). The zero-order valence-electron chi connectivity index (χ0n) is 23.7. The van der Waals surface area contributed by atoms with Gasteiger partial charge < -0.3 is 10.2 Å². The number of nitrogens with one attached hydrogen (secondary N) is 1. The number of hydrogen-bond donors (Lipinski definition) is 1. The molecule has 12 heteroatoms. The van der Waals surface area contributed by atoms with Gasteiger partial charge in [-0.1, -0.05) is 72.3 Å². The third-order valence-electron chi connectivity index (χ3n) is 6.19. The first kappa shape index (κ1) is 32.9. The molecule has 0 saturated carbocycles. The Kier molecular flexibility index (Phi) is 10.3. The Bertz CT molecular complexity index is 1500. The molecule has 42 heavy (non-hydrogen) atoms. The first-order chi connectivity index (χ1) is 19.5. The molecule has 0 fully saturated rings. The van der Waals surface area contributed by atoms with Gasteiger partial charge in [0.05, 0.1) is 22.5 Å². The lowest BCUT2D eigenvalue weighted by Crippen LogP contribution is -2.56. The minimum absolute atomic E-state index is 0.0548. The summed E-state index contributed by atoms with van der Waals surface area (Å²) >= 11 is 5.74. The van der Waals surface area contributed by atoms with Gasteiger partial charge in [0.1, 0.15) is 12.6 Å². The van der Waals surface area contributed by atoms with Gasteiger partial charge in [0.2, 0.25) is 21.8 Å². The van der Waals surface area contributed by atoms with Crippen LogP contribution in [0.4, 0.5) is 18.9 Å². The quantitative estimate of drug-likeness (QED) is 0.315. The molecular formula is C30H33ClF3N3O4S. The second kappa shape index (κ2) is 13.2. The summed E-state index contributed by atoms with van der Waals surface area (Å²) in [5, 5.41) is 2.29. The molecule has 0 unspecified atom stereocenters. The fraction of sp³-hybridized carbons (Fsp3) is 0.333. The SMILES string of the molecule is CC(C)(C)NC(=O)[C@H](Cc1ccccc1)N(Cc1ccccc1)C(=O)CN(c1ccc(Cl)c(C(F)(F)F)c1)S(C)(=O)=O. The molecule has 3 aromatic carbocycles. The zero-order chi connectivity index (χ0) is 31.3. The van der Waals surface area contributed by atoms with Gasteiger partial charge in [-0.15, -0.1) is 0 Å². The number of anilines is 1. The molecule has 0 aliphatic heterocycles. The Labute approximate surface area is 249 Å². The highest BCUT2D eigenvalue weighted by molar-refractivity contribution is 7.92. The van der Waals surface area contributed by atoms with Crippen molar-refractivity contribution < 1.29 is 31.2 Å². The minimum Gasteiger partial charge on any atom is -0.350 e. The number of benzene rings is 3. The van der Waals surface area contributed by atoms with Crippen molar-refractivity contribution in [2.45, 2.75) is 51.5 Å². The summed E-state index contributed by atoms with van der Waals surface area (Å²) in [4.78, 5) is 29.0. The van der Waals surface area contributed by atoms with Gasteiger partial charge in [-0.3, -0.25) is 13.9 Å². The molecule has 2 amide bonds. The van der Waals surface area contributed by atoms with Gasteiger partial charge in [0.15, 0.2) is 0 Å². The monoisotopic (exact) mass is 623 g/mol. The van der Waals surface area contributed by atoms with Gasteiger partial charge in [-0.25, -0.2) is 8.42 Å². The Balaban J connectivity index is 2.10. The lowest BCUT2D eigenvalue weighted by Gasteiger charge is -2.35. The highest BCUT2D eigenvalue weighted by Crippen LogP contribution is 2.37. The van der Waals surface area contributed by atoms with Crippen molar-refractivity contribution in [1.29, 1.82) is 0 Å². The van der Waals surface area contributed by atoms with Crippen LogP contribution in [0.2, 0.25) is 5.02 Å². The summed E-state index contributed by atoms with van der Waals surface area (Å²) in [6.07, 6.45) is -3.96. The summed E-state index contributed by atoms with van der Waals surface area (Å²) in [6, 6.07) is 19.4. The molecule has 0 aliphatic rings. The van der Waals surface area contributed by atoms with E-state index < -0.39 is 56.7 Å².